The first-order valence-electron chi connectivity index (χ1n) is 8.95. The predicted octanol–water partition coefficient (Wildman–Crippen LogP) is 1.82. The summed E-state index contributed by atoms with van der Waals surface area (Å²) in [4.78, 5) is 12.0. The van der Waals surface area contributed by atoms with Gasteiger partial charge in [0, 0.05) is 32.1 Å². The summed E-state index contributed by atoms with van der Waals surface area (Å²) < 4.78 is 27.8. The Morgan fingerprint density at radius 3 is 2.80 bits per heavy atom. The van der Waals surface area contributed by atoms with Gasteiger partial charge in [-0.3, -0.25) is 4.79 Å². The third kappa shape index (κ3) is 5.03. The van der Waals surface area contributed by atoms with Crippen molar-refractivity contribution in [1.29, 1.82) is 0 Å². The van der Waals surface area contributed by atoms with E-state index in [0.717, 1.165) is 24.8 Å². The number of rotatable bonds is 7. The molecule has 1 saturated heterocycles. The van der Waals surface area contributed by atoms with Gasteiger partial charge in [-0.2, -0.15) is 4.31 Å². The number of sulfonamides is 1. The van der Waals surface area contributed by atoms with Crippen molar-refractivity contribution in [2.45, 2.75) is 56.4 Å². The average molecular weight is 368 g/mol. The Balaban J connectivity index is 2.19. The van der Waals surface area contributed by atoms with Crippen LogP contribution in [0.25, 0.3) is 0 Å². The summed E-state index contributed by atoms with van der Waals surface area (Å²) in [6.07, 6.45) is 2.83. The van der Waals surface area contributed by atoms with Crippen molar-refractivity contribution in [1.82, 2.24) is 9.62 Å². The molecule has 25 heavy (non-hydrogen) atoms. The maximum absolute atomic E-state index is 13.1. The van der Waals surface area contributed by atoms with Gasteiger partial charge < -0.3 is 11.1 Å². The minimum atomic E-state index is -3.57. The van der Waals surface area contributed by atoms with Crippen molar-refractivity contribution in [2.75, 3.05) is 19.6 Å². The number of carbonyl (C=O) groups excluding carboxylic acids is 1. The third-order valence-corrected chi connectivity index (χ3v) is 6.56. The number of nitrogens with zero attached hydrogens (tertiary/aromatic N) is 1. The molecule has 0 aliphatic carbocycles. The lowest BCUT2D eigenvalue weighted by Crippen LogP contribution is -2.49. The molecule has 1 heterocycles. The van der Waals surface area contributed by atoms with Crippen LogP contribution < -0.4 is 11.1 Å². The molecule has 3 N–H and O–H groups in total. The van der Waals surface area contributed by atoms with Crippen molar-refractivity contribution < 1.29 is 13.2 Å². The summed E-state index contributed by atoms with van der Waals surface area (Å²) >= 11 is 0. The lowest BCUT2D eigenvalue weighted by Gasteiger charge is -2.35. The molecule has 0 radical (unpaired) electrons. The summed E-state index contributed by atoms with van der Waals surface area (Å²) in [7, 11) is -3.57. The molecule has 0 bridgehead atoms. The molecule has 1 aliphatic rings. The first-order chi connectivity index (χ1) is 11.9. The third-order valence-electron chi connectivity index (χ3n) is 4.61. The van der Waals surface area contributed by atoms with Crippen LogP contribution in [-0.2, 0) is 14.8 Å². The molecule has 1 aliphatic heterocycles. The fraction of sp³-hybridized carbons (Fsp3) is 0.611. The second-order valence-electron chi connectivity index (χ2n) is 6.84. The number of nitrogens with one attached hydrogen (secondary N) is 1. The Hall–Kier alpha value is -1.44. The minimum Gasteiger partial charge on any atom is -0.354 e. The number of nitrogens with two attached hydrogens (primary N) is 1. The monoisotopic (exact) mass is 367 g/mol. The van der Waals surface area contributed by atoms with E-state index in [9.17, 15) is 13.2 Å². The number of amides is 1. The van der Waals surface area contributed by atoms with E-state index < -0.39 is 10.0 Å². The van der Waals surface area contributed by atoms with Crippen LogP contribution in [0.15, 0.2) is 29.2 Å². The van der Waals surface area contributed by atoms with E-state index in [0.29, 0.717) is 24.5 Å². The average Bonchev–Trinajstić information content (AvgIpc) is 2.60. The van der Waals surface area contributed by atoms with E-state index in [-0.39, 0.29) is 24.3 Å². The van der Waals surface area contributed by atoms with E-state index in [4.69, 9.17) is 5.73 Å². The Morgan fingerprint density at radius 1 is 1.36 bits per heavy atom. The van der Waals surface area contributed by atoms with Gasteiger partial charge in [-0.15, -0.1) is 0 Å². The molecule has 1 atom stereocenters. The van der Waals surface area contributed by atoms with Gasteiger partial charge in [-0.05, 0) is 36.5 Å². The Morgan fingerprint density at radius 2 is 2.12 bits per heavy atom. The molecule has 140 valence electrons. The highest BCUT2D eigenvalue weighted by molar-refractivity contribution is 7.89. The maximum atomic E-state index is 13.1. The fourth-order valence-corrected chi connectivity index (χ4v) is 4.86. The van der Waals surface area contributed by atoms with Crippen molar-refractivity contribution in [3.63, 3.8) is 0 Å². The lowest BCUT2D eigenvalue weighted by molar-refractivity contribution is -0.121. The topological polar surface area (TPSA) is 92.5 Å². The molecule has 6 nitrogen and oxygen atoms in total. The molecule has 1 unspecified atom stereocenters. The highest BCUT2D eigenvalue weighted by atomic mass is 32.2. The van der Waals surface area contributed by atoms with E-state index in [2.05, 4.69) is 5.32 Å². The number of hydrogen-bond donors (Lipinski definition) is 2. The van der Waals surface area contributed by atoms with Gasteiger partial charge >= 0.3 is 0 Å². The molecule has 0 aromatic heterocycles. The van der Waals surface area contributed by atoms with Gasteiger partial charge in [0.15, 0.2) is 0 Å². The summed E-state index contributed by atoms with van der Waals surface area (Å²) in [5, 5.41) is 2.81. The van der Waals surface area contributed by atoms with Gasteiger partial charge in [-0.1, -0.05) is 32.4 Å². The van der Waals surface area contributed by atoms with Gasteiger partial charge in [0.1, 0.15) is 0 Å². The lowest BCUT2D eigenvalue weighted by atomic mass is 10.0. The highest BCUT2D eigenvalue weighted by Gasteiger charge is 2.33. The normalized spacial score (nSPS) is 19.1. The Kier molecular flexibility index (Phi) is 6.98. The summed E-state index contributed by atoms with van der Waals surface area (Å²) in [5.74, 6) is 0.134. The molecule has 0 saturated carbocycles. The first kappa shape index (κ1) is 19.9. The van der Waals surface area contributed by atoms with E-state index in [1.165, 1.54) is 0 Å². The van der Waals surface area contributed by atoms with Gasteiger partial charge in [0.25, 0.3) is 0 Å². The zero-order chi connectivity index (χ0) is 18.4. The van der Waals surface area contributed by atoms with Crippen LogP contribution in [0.1, 0.15) is 51.0 Å². The van der Waals surface area contributed by atoms with Crippen LogP contribution in [0.4, 0.5) is 0 Å². The van der Waals surface area contributed by atoms with Crippen LogP contribution in [0, 0.1) is 0 Å². The zero-order valence-electron chi connectivity index (χ0n) is 15.1. The quantitative estimate of drug-likeness (QED) is 0.769. The SMILES string of the molecule is CC(C)c1cccc(S(=O)(=O)N2CCCCC2CNC(=O)CCN)c1. The fourth-order valence-electron chi connectivity index (χ4n) is 3.12. The molecule has 1 fully saturated rings. The minimum absolute atomic E-state index is 0.132. The van der Waals surface area contributed by atoms with E-state index >= 15 is 0 Å². The van der Waals surface area contributed by atoms with Crippen molar-refractivity contribution in [2.24, 2.45) is 5.73 Å². The largest absolute Gasteiger partial charge is 0.354 e. The maximum Gasteiger partial charge on any atom is 0.243 e. The molecule has 2 rings (SSSR count). The number of benzene rings is 1. The second-order valence-corrected chi connectivity index (χ2v) is 8.73. The summed E-state index contributed by atoms with van der Waals surface area (Å²) in [6, 6.07) is 6.95. The summed E-state index contributed by atoms with van der Waals surface area (Å²) in [5.41, 5.74) is 6.39. The van der Waals surface area contributed by atoms with Gasteiger partial charge in [0.2, 0.25) is 15.9 Å². The highest BCUT2D eigenvalue weighted by Crippen LogP contribution is 2.27. The predicted molar refractivity (Wildman–Crippen MR) is 98.7 cm³/mol. The number of piperidine rings is 1. The molecular weight excluding hydrogens is 338 g/mol. The van der Waals surface area contributed by atoms with Gasteiger partial charge in [-0.25, -0.2) is 8.42 Å². The first-order valence-corrected chi connectivity index (χ1v) is 10.4. The molecule has 1 amide bonds. The van der Waals surface area contributed by atoms with Crippen molar-refractivity contribution in [3.8, 4) is 0 Å². The van der Waals surface area contributed by atoms with Crippen LogP contribution in [0.2, 0.25) is 0 Å². The molecular formula is C18H29N3O3S. The second kappa shape index (κ2) is 8.78. The van der Waals surface area contributed by atoms with Crippen LogP contribution >= 0.6 is 0 Å². The van der Waals surface area contributed by atoms with Crippen LogP contribution in [0.3, 0.4) is 0 Å². The van der Waals surface area contributed by atoms with Crippen LogP contribution in [0.5, 0.6) is 0 Å². The van der Waals surface area contributed by atoms with E-state index in [1.54, 1.807) is 22.5 Å². The van der Waals surface area contributed by atoms with Gasteiger partial charge in [0.05, 0.1) is 4.90 Å². The number of carbonyl (C=O) groups is 1. The number of hydrogen-bond acceptors (Lipinski definition) is 4. The molecule has 7 heteroatoms. The molecule has 1 aromatic rings. The smallest absolute Gasteiger partial charge is 0.243 e. The molecule has 0 spiro atoms. The molecule has 1 aromatic carbocycles. The van der Waals surface area contributed by atoms with E-state index in [1.807, 2.05) is 19.9 Å². The summed E-state index contributed by atoms with van der Waals surface area (Å²) in [6.45, 7) is 5.21. The Bertz CT molecular complexity index is 689. The standard InChI is InChI=1S/C18H29N3O3S/c1-14(2)15-6-5-8-17(12-15)25(23,24)21-11-4-3-7-16(21)13-20-18(22)9-10-19/h5-6,8,12,14,16H,3-4,7,9-11,13,19H2,1-2H3,(H,20,22). The van der Waals surface area contributed by atoms with Crippen LogP contribution in [-0.4, -0.2) is 44.3 Å². The van der Waals surface area contributed by atoms with Crippen molar-refractivity contribution in [3.05, 3.63) is 29.8 Å². The van der Waals surface area contributed by atoms with Crippen molar-refractivity contribution >= 4 is 15.9 Å². The zero-order valence-corrected chi connectivity index (χ0v) is 15.9. The Labute approximate surface area is 150 Å².